The van der Waals surface area contributed by atoms with Crippen molar-refractivity contribution in [3.05, 3.63) is 35.6 Å². The molecule has 0 saturated heterocycles. The molecule has 1 unspecified atom stereocenters. The summed E-state index contributed by atoms with van der Waals surface area (Å²) < 4.78 is 12.9. The summed E-state index contributed by atoms with van der Waals surface area (Å²) >= 11 is 0. The SMILES string of the molecule is CC(C)(N)C(=O)NCC(O)c1cccc(F)c1.Cl. The van der Waals surface area contributed by atoms with Gasteiger partial charge in [0.05, 0.1) is 11.6 Å². The summed E-state index contributed by atoms with van der Waals surface area (Å²) in [6.45, 7) is 3.14. The van der Waals surface area contributed by atoms with Crippen LogP contribution in [0.5, 0.6) is 0 Å². The number of carbonyl (C=O) groups is 1. The average Bonchev–Trinajstić information content (AvgIpc) is 2.24. The van der Waals surface area contributed by atoms with E-state index in [9.17, 15) is 14.3 Å². The van der Waals surface area contributed by atoms with Crippen LogP contribution >= 0.6 is 12.4 Å². The normalized spacial score (nSPS) is 12.5. The Morgan fingerprint density at radius 1 is 1.56 bits per heavy atom. The molecule has 0 aromatic heterocycles. The van der Waals surface area contributed by atoms with Crippen LogP contribution in [0.3, 0.4) is 0 Å². The number of amides is 1. The number of rotatable bonds is 4. The largest absolute Gasteiger partial charge is 0.387 e. The zero-order valence-electron chi connectivity index (χ0n) is 10.3. The predicted octanol–water partition coefficient (Wildman–Crippen LogP) is 1.13. The molecule has 0 bridgehead atoms. The van der Waals surface area contributed by atoms with E-state index in [0.717, 1.165) is 0 Å². The minimum absolute atomic E-state index is 0. The fourth-order valence-corrected chi connectivity index (χ4v) is 1.25. The van der Waals surface area contributed by atoms with Crippen LogP contribution in [0.25, 0.3) is 0 Å². The van der Waals surface area contributed by atoms with Gasteiger partial charge in [0.25, 0.3) is 0 Å². The van der Waals surface area contributed by atoms with E-state index in [0.29, 0.717) is 5.56 Å². The summed E-state index contributed by atoms with van der Waals surface area (Å²) in [5.74, 6) is -0.792. The molecule has 1 aromatic carbocycles. The topological polar surface area (TPSA) is 75.4 Å². The third-order valence-electron chi connectivity index (χ3n) is 2.27. The van der Waals surface area contributed by atoms with Gasteiger partial charge in [0, 0.05) is 6.54 Å². The monoisotopic (exact) mass is 276 g/mol. The van der Waals surface area contributed by atoms with Crippen molar-refractivity contribution in [2.75, 3.05) is 6.54 Å². The van der Waals surface area contributed by atoms with Crippen LogP contribution in [0.2, 0.25) is 0 Å². The first-order valence-corrected chi connectivity index (χ1v) is 5.31. The number of nitrogens with one attached hydrogen (secondary N) is 1. The minimum atomic E-state index is -0.998. The molecule has 0 radical (unpaired) electrons. The first-order valence-electron chi connectivity index (χ1n) is 5.31. The zero-order chi connectivity index (χ0) is 13.1. The Bertz CT molecular complexity index is 407. The first kappa shape index (κ1) is 16.8. The molecule has 4 N–H and O–H groups in total. The van der Waals surface area contributed by atoms with Crippen molar-refractivity contribution >= 4 is 18.3 Å². The standard InChI is InChI=1S/C12H17FN2O2.ClH/c1-12(2,14)11(17)15-7-10(16)8-4-3-5-9(13)6-8;/h3-6,10,16H,7,14H2,1-2H3,(H,15,17);1H. The fourth-order valence-electron chi connectivity index (χ4n) is 1.25. The molecule has 18 heavy (non-hydrogen) atoms. The quantitative estimate of drug-likeness (QED) is 0.772. The summed E-state index contributed by atoms with van der Waals surface area (Å²) in [4.78, 5) is 11.4. The van der Waals surface area contributed by atoms with Gasteiger partial charge in [-0.25, -0.2) is 4.39 Å². The predicted molar refractivity (Wildman–Crippen MR) is 69.9 cm³/mol. The molecule has 0 aliphatic heterocycles. The number of aliphatic hydroxyl groups excluding tert-OH is 1. The summed E-state index contributed by atoms with van der Waals surface area (Å²) in [6, 6.07) is 5.61. The minimum Gasteiger partial charge on any atom is -0.387 e. The van der Waals surface area contributed by atoms with Gasteiger partial charge in [-0.05, 0) is 31.5 Å². The summed E-state index contributed by atoms with van der Waals surface area (Å²) in [5, 5.41) is 12.2. The molecule has 0 heterocycles. The van der Waals surface area contributed by atoms with Gasteiger partial charge in [0.2, 0.25) is 5.91 Å². The van der Waals surface area contributed by atoms with E-state index in [1.54, 1.807) is 19.9 Å². The third kappa shape index (κ3) is 5.00. The van der Waals surface area contributed by atoms with Gasteiger partial charge in [-0.1, -0.05) is 12.1 Å². The molecule has 1 aromatic rings. The lowest BCUT2D eigenvalue weighted by atomic mass is 10.1. The highest BCUT2D eigenvalue weighted by atomic mass is 35.5. The second-order valence-corrected chi connectivity index (χ2v) is 4.50. The van der Waals surface area contributed by atoms with E-state index in [4.69, 9.17) is 5.73 Å². The maximum Gasteiger partial charge on any atom is 0.239 e. The number of aliphatic hydroxyl groups is 1. The Hall–Kier alpha value is -1.17. The molecule has 0 fully saturated rings. The first-order chi connectivity index (χ1) is 7.80. The van der Waals surface area contributed by atoms with Crippen LogP contribution in [0.15, 0.2) is 24.3 Å². The summed E-state index contributed by atoms with van der Waals surface area (Å²) in [5.41, 5.74) is 4.99. The highest BCUT2D eigenvalue weighted by Gasteiger charge is 2.22. The molecule has 0 spiro atoms. The van der Waals surface area contributed by atoms with Gasteiger partial charge in [-0.3, -0.25) is 4.79 Å². The molecule has 1 atom stereocenters. The molecule has 0 aliphatic rings. The van der Waals surface area contributed by atoms with Crippen molar-refractivity contribution in [1.29, 1.82) is 0 Å². The Morgan fingerprint density at radius 3 is 2.67 bits per heavy atom. The Labute approximate surface area is 112 Å². The van der Waals surface area contributed by atoms with Crippen LogP contribution in [0, 0.1) is 5.82 Å². The molecule has 4 nitrogen and oxygen atoms in total. The van der Waals surface area contributed by atoms with Crippen LogP contribution < -0.4 is 11.1 Å². The Morgan fingerprint density at radius 2 is 2.17 bits per heavy atom. The Kier molecular flexibility index (Phi) is 6.25. The Balaban J connectivity index is 0.00000289. The number of hydrogen-bond donors (Lipinski definition) is 3. The van der Waals surface area contributed by atoms with Crippen molar-refractivity contribution in [3.8, 4) is 0 Å². The number of carbonyl (C=O) groups excluding carboxylic acids is 1. The van der Waals surface area contributed by atoms with E-state index < -0.39 is 17.5 Å². The molecular formula is C12H18ClFN2O2. The number of nitrogens with two attached hydrogens (primary N) is 1. The van der Waals surface area contributed by atoms with Gasteiger partial charge >= 0.3 is 0 Å². The molecule has 0 aliphatic carbocycles. The third-order valence-corrected chi connectivity index (χ3v) is 2.27. The lowest BCUT2D eigenvalue weighted by Gasteiger charge is -2.19. The van der Waals surface area contributed by atoms with Gasteiger partial charge < -0.3 is 16.2 Å². The van der Waals surface area contributed by atoms with Crippen molar-refractivity contribution < 1.29 is 14.3 Å². The lowest BCUT2D eigenvalue weighted by Crippen LogP contribution is -2.49. The van der Waals surface area contributed by atoms with Crippen molar-refractivity contribution in [2.24, 2.45) is 5.73 Å². The summed E-state index contributed by atoms with van der Waals surface area (Å²) in [6.07, 6.45) is -0.947. The summed E-state index contributed by atoms with van der Waals surface area (Å²) in [7, 11) is 0. The van der Waals surface area contributed by atoms with Gasteiger partial charge in [0.15, 0.2) is 0 Å². The van der Waals surface area contributed by atoms with Crippen LogP contribution in [-0.4, -0.2) is 23.1 Å². The molecule has 1 amide bonds. The second-order valence-electron chi connectivity index (χ2n) is 4.50. The van der Waals surface area contributed by atoms with Crippen LogP contribution in [-0.2, 0) is 4.79 Å². The maximum atomic E-state index is 12.9. The zero-order valence-corrected chi connectivity index (χ0v) is 11.1. The average molecular weight is 277 g/mol. The van der Waals surface area contributed by atoms with Crippen molar-refractivity contribution in [2.45, 2.75) is 25.5 Å². The number of hydrogen-bond acceptors (Lipinski definition) is 3. The molecule has 1 rings (SSSR count). The number of benzene rings is 1. The number of halogens is 2. The lowest BCUT2D eigenvalue weighted by molar-refractivity contribution is -0.125. The van der Waals surface area contributed by atoms with Crippen molar-refractivity contribution in [1.82, 2.24) is 5.32 Å². The second kappa shape index (κ2) is 6.68. The molecule has 0 saturated carbocycles. The van der Waals surface area contributed by atoms with E-state index >= 15 is 0 Å². The van der Waals surface area contributed by atoms with Gasteiger partial charge in [-0.2, -0.15) is 0 Å². The van der Waals surface area contributed by atoms with Gasteiger partial charge in [0.1, 0.15) is 5.82 Å². The maximum absolute atomic E-state index is 12.9. The van der Waals surface area contributed by atoms with E-state index in [1.165, 1.54) is 18.2 Å². The fraction of sp³-hybridized carbons (Fsp3) is 0.417. The smallest absolute Gasteiger partial charge is 0.239 e. The molecule has 6 heteroatoms. The molecular weight excluding hydrogens is 259 g/mol. The highest BCUT2D eigenvalue weighted by Crippen LogP contribution is 2.13. The highest BCUT2D eigenvalue weighted by molar-refractivity contribution is 5.85. The van der Waals surface area contributed by atoms with Crippen molar-refractivity contribution in [3.63, 3.8) is 0 Å². The van der Waals surface area contributed by atoms with Gasteiger partial charge in [-0.15, -0.1) is 12.4 Å². The van der Waals surface area contributed by atoms with E-state index in [-0.39, 0.29) is 24.9 Å². The van der Waals surface area contributed by atoms with E-state index in [2.05, 4.69) is 5.32 Å². The van der Waals surface area contributed by atoms with Crippen LogP contribution in [0.1, 0.15) is 25.5 Å². The van der Waals surface area contributed by atoms with Crippen LogP contribution in [0.4, 0.5) is 4.39 Å². The molecule has 102 valence electrons. The van der Waals surface area contributed by atoms with E-state index in [1.807, 2.05) is 0 Å².